The number of carbonyl (C=O) groups excluding carboxylic acids is 2. The molecule has 4 aliphatic carbocycles. The zero-order chi connectivity index (χ0) is 71.0. The molecule has 8 heterocycles. The molecule has 528 valence electrons. The Morgan fingerprint density at radius 2 is 0.745 bits per heavy atom. The third kappa shape index (κ3) is 20.2. The summed E-state index contributed by atoms with van der Waals surface area (Å²) >= 11 is 0. The van der Waals surface area contributed by atoms with Gasteiger partial charge in [0.2, 0.25) is 23.7 Å². The number of hydrogen-bond donors (Lipinski definition) is 5. The first kappa shape index (κ1) is 73.5. The van der Waals surface area contributed by atoms with Crippen molar-refractivity contribution in [2.75, 3.05) is 21.3 Å². The lowest BCUT2D eigenvalue weighted by Gasteiger charge is -2.29. The van der Waals surface area contributed by atoms with Crippen LogP contribution in [0.5, 0.6) is 0 Å². The smallest absolute Gasteiger partial charge is 0.264 e. The SMILES string of the molecule is CC(=O)c1cc(NC2CCC(F)(F)CC2)nc(-n2nc(C)cc2C)c1.Cc1cc(C)n(-c2cc(C(F)F)cc(NC3CCC(F)(F)CC3)n2)n1.Cc1cc(C)n(-c2cc(C=O)cc(NC3CCC(F)(F)CC3)n2)n1.Cc1cc(C)n(-c2cc(CO)cc(NC3CCC(F)(F)CC3)n2)n1. The van der Waals surface area contributed by atoms with Gasteiger partial charge in [-0.2, -0.15) is 20.4 Å². The summed E-state index contributed by atoms with van der Waals surface area (Å²) in [4.78, 5) is 41.0. The van der Waals surface area contributed by atoms with Crippen LogP contribution < -0.4 is 21.3 Å². The van der Waals surface area contributed by atoms with Gasteiger partial charge in [-0.3, -0.25) is 9.59 Å². The Morgan fingerprint density at radius 3 is 1.04 bits per heavy atom. The van der Waals surface area contributed by atoms with Gasteiger partial charge in [0.1, 0.15) is 29.6 Å². The summed E-state index contributed by atoms with van der Waals surface area (Å²) in [5.74, 6) is -6.55. The van der Waals surface area contributed by atoms with E-state index in [9.17, 15) is 58.6 Å². The molecular formula is C69H84F10N16O3. The normalized spacial score (nSPS) is 17.7. The van der Waals surface area contributed by atoms with Gasteiger partial charge >= 0.3 is 0 Å². The number of aliphatic hydroxyl groups is 1. The monoisotopic (exact) mass is 1370 g/mol. The number of ketones is 1. The van der Waals surface area contributed by atoms with Gasteiger partial charge in [0, 0.05) is 115 Å². The van der Waals surface area contributed by atoms with Crippen LogP contribution in [0, 0.1) is 55.4 Å². The zero-order valence-corrected chi connectivity index (χ0v) is 56.3. The van der Waals surface area contributed by atoms with Crippen molar-refractivity contribution in [1.29, 1.82) is 0 Å². The van der Waals surface area contributed by atoms with Gasteiger partial charge in [0.05, 0.1) is 29.4 Å². The molecule has 0 saturated heterocycles. The van der Waals surface area contributed by atoms with Crippen LogP contribution in [-0.4, -0.2) is 124 Å². The Bertz CT molecular complexity index is 4030. The van der Waals surface area contributed by atoms with Crippen molar-refractivity contribution in [2.24, 2.45) is 0 Å². The Hall–Kier alpha value is -8.76. The molecule has 0 bridgehead atoms. The number of aromatic nitrogens is 12. The molecule has 0 aliphatic heterocycles. The number of halogens is 10. The van der Waals surface area contributed by atoms with Gasteiger partial charge in [-0.25, -0.2) is 82.6 Å². The molecule has 19 nitrogen and oxygen atoms in total. The number of alkyl halides is 10. The van der Waals surface area contributed by atoms with Crippen LogP contribution in [-0.2, 0) is 6.61 Å². The van der Waals surface area contributed by atoms with E-state index in [0.29, 0.717) is 90.1 Å². The fourth-order valence-electron chi connectivity index (χ4n) is 12.4. The number of anilines is 4. The Labute approximate surface area is 562 Å². The predicted octanol–water partition coefficient (Wildman–Crippen LogP) is 15.9. The topological polar surface area (TPSA) is 225 Å². The number of carbonyl (C=O) groups is 2. The Balaban J connectivity index is 0.000000153. The lowest BCUT2D eigenvalue weighted by Crippen LogP contribution is -2.32. The minimum absolute atomic E-state index is 0.0284. The third-order valence-electron chi connectivity index (χ3n) is 17.5. The second-order valence-corrected chi connectivity index (χ2v) is 26.2. The minimum atomic E-state index is -2.66. The van der Waals surface area contributed by atoms with Crippen LogP contribution in [0.1, 0.15) is 193 Å². The molecule has 0 radical (unpaired) electrons. The van der Waals surface area contributed by atoms with E-state index in [1.165, 1.54) is 23.7 Å². The first-order valence-corrected chi connectivity index (χ1v) is 32.8. The van der Waals surface area contributed by atoms with Gasteiger partial charge < -0.3 is 26.4 Å². The number of nitrogens with zero attached hydrogens (tertiary/aromatic N) is 12. The third-order valence-corrected chi connectivity index (χ3v) is 17.5. The first-order valence-electron chi connectivity index (χ1n) is 32.8. The number of nitrogens with one attached hydrogen (secondary N) is 4. The average molecular weight is 1380 g/mol. The summed E-state index contributed by atoms with van der Waals surface area (Å²) in [5.41, 5.74) is 8.40. The van der Waals surface area contributed by atoms with E-state index in [4.69, 9.17) is 0 Å². The van der Waals surface area contributed by atoms with Crippen molar-refractivity contribution in [1.82, 2.24) is 59.1 Å². The zero-order valence-electron chi connectivity index (χ0n) is 56.3. The molecule has 8 aromatic heterocycles. The van der Waals surface area contributed by atoms with Crippen molar-refractivity contribution >= 4 is 35.3 Å². The molecule has 4 fully saturated rings. The van der Waals surface area contributed by atoms with Gasteiger partial charge in [-0.05, 0) is 192 Å². The van der Waals surface area contributed by atoms with Crippen molar-refractivity contribution in [3.63, 3.8) is 0 Å². The molecule has 4 saturated carbocycles. The molecule has 0 atom stereocenters. The van der Waals surface area contributed by atoms with Crippen LogP contribution in [0.15, 0.2) is 72.8 Å². The average Bonchev–Trinajstić information content (AvgIpc) is 1.72. The number of rotatable bonds is 16. The highest BCUT2D eigenvalue weighted by molar-refractivity contribution is 5.95. The van der Waals surface area contributed by atoms with Gasteiger partial charge in [0.25, 0.3) is 6.43 Å². The molecule has 29 heteroatoms. The molecule has 4 aliphatic rings. The van der Waals surface area contributed by atoms with E-state index in [2.05, 4.69) is 61.6 Å². The maximum Gasteiger partial charge on any atom is 0.264 e. The van der Waals surface area contributed by atoms with Gasteiger partial charge in [-0.1, -0.05) is 0 Å². The number of pyridine rings is 4. The highest BCUT2D eigenvalue weighted by atomic mass is 19.3. The largest absolute Gasteiger partial charge is 0.392 e. The second kappa shape index (κ2) is 31.0. The number of Topliss-reactive ketones (excluding diaryl/α,β-unsaturated/α-hetero) is 1. The summed E-state index contributed by atoms with van der Waals surface area (Å²) in [6.45, 7) is 16.4. The van der Waals surface area contributed by atoms with E-state index >= 15 is 0 Å². The quantitative estimate of drug-likeness (QED) is 0.0345. The maximum atomic E-state index is 13.3. The fraction of sp³-hybridized carbons (Fsp3) is 0.507. The lowest BCUT2D eigenvalue weighted by atomic mass is 9.92. The molecule has 5 N–H and O–H groups in total. The van der Waals surface area contributed by atoms with Gasteiger partial charge in [-0.15, -0.1) is 0 Å². The summed E-state index contributed by atoms with van der Waals surface area (Å²) in [7, 11) is 0. The van der Waals surface area contributed by atoms with E-state index in [1.54, 1.807) is 50.4 Å². The molecule has 98 heavy (non-hydrogen) atoms. The van der Waals surface area contributed by atoms with Crippen molar-refractivity contribution in [3.05, 3.63) is 141 Å². The molecule has 12 rings (SSSR count). The first-order chi connectivity index (χ1) is 46.2. The van der Waals surface area contributed by atoms with Crippen LogP contribution in [0.4, 0.5) is 67.2 Å². The molecule has 0 amide bonds. The van der Waals surface area contributed by atoms with Crippen LogP contribution >= 0.6 is 0 Å². The number of hydrogen-bond acceptors (Lipinski definition) is 15. The van der Waals surface area contributed by atoms with Crippen molar-refractivity contribution in [3.8, 4) is 23.3 Å². The maximum absolute atomic E-state index is 13.3. The molecule has 8 aromatic rings. The Kier molecular flexibility index (Phi) is 23.2. The second-order valence-electron chi connectivity index (χ2n) is 26.2. The van der Waals surface area contributed by atoms with Crippen molar-refractivity contribution in [2.45, 2.75) is 226 Å². The van der Waals surface area contributed by atoms with E-state index in [-0.39, 0.29) is 118 Å². The Morgan fingerprint density at radius 1 is 0.449 bits per heavy atom. The molecule has 0 aromatic carbocycles. The highest BCUT2D eigenvalue weighted by Crippen LogP contribution is 2.38. The highest BCUT2D eigenvalue weighted by Gasteiger charge is 2.38. The summed E-state index contributed by atoms with van der Waals surface area (Å²) in [6.07, 6.45) is -0.102. The standard InChI is InChI=1S/C18H22F2N4O.C17H20F4N4.C17H22F2N4O.C17H20F2N4O/c1-11-8-12(2)24(23-11)17-10-14(13(3)25)9-16(22-17)21-15-4-6-18(19,20)7-5-15;1-10-7-11(2)25(24-10)15-9-12(16(18)19)8-14(23-15)22-13-3-5-17(20,21)6-4-13;2*1-11-7-12(2)23(22-11)16-9-13(10-24)8-15(21-16)20-14-3-5-17(18,19)6-4-14/h8-10,15H,4-7H2,1-3H3,(H,21,22);7-9,13,16H,3-6H2,1-2H3,(H,22,23);7-9,14,24H,3-6,10H2,1-2H3,(H,20,21);7-10,14H,3-6H2,1-2H3,(H,20,21). The van der Waals surface area contributed by atoms with E-state index in [0.717, 1.165) is 51.8 Å². The van der Waals surface area contributed by atoms with E-state index < -0.39 is 30.1 Å². The van der Waals surface area contributed by atoms with Crippen LogP contribution in [0.3, 0.4) is 0 Å². The van der Waals surface area contributed by atoms with Crippen LogP contribution in [0.2, 0.25) is 0 Å². The predicted molar refractivity (Wildman–Crippen MR) is 353 cm³/mol. The van der Waals surface area contributed by atoms with Crippen molar-refractivity contribution < 1.29 is 58.6 Å². The van der Waals surface area contributed by atoms with Gasteiger partial charge in [0.15, 0.2) is 29.1 Å². The molecule has 0 spiro atoms. The number of aliphatic hydroxyl groups excluding tert-OH is 1. The minimum Gasteiger partial charge on any atom is -0.392 e. The van der Waals surface area contributed by atoms with Crippen LogP contribution in [0.25, 0.3) is 23.3 Å². The van der Waals surface area contributed by atoms with E-state index in [1.807, 2.05) is 79.7 Å². The number of aryl methyl sites for hydroxylation is 8. The molecular weight excluding hydrogens is 1290 g/mol. The summed E-state index contributed by atoms with van der Waals surface area (Å²) < 4.78 is 139. The summed E-state index contributed by atoms with van der Waals surface area (Å²) in [5, 5.41) is 39.6. The fourth-order valence-corrected chi connectivity index (χ4v) is 12.4. The summed E-state index contributed by atoms with van der Waals surface area (Å²) in [6, 6.07) is 20.0. The lowest BCUT2D eigenvalue weighted by molar-refractivity contribution is -0.0366. The molecule has 0 unspecified atom stereocenters. The number of aldehydes is 1.